The van der Waals surface area contributed by atoms with Gasteiger partial charge in [0.2, 0.25) is 0 Å². The maximum Gasteiger partial charge on any atom is 0.321 e. The molecule has 1 fully saturated rings. The third kappa shape index (κ3) is 3.17. The van der Waals surface area contributed by atoms with Crippen molar-refractivity contribution < 1.29 is 14.7 Å². The number of nitrogens with zero attached hydrogens (tertiary/aromatic N) is 1. The number of hydrogen-bond acceptors (Lipinski definition) is 2. The molecule has 1 heterocycles. The van der Waals surface area contributed by atoms with E-state index in [0.717, 1.165) is 5.56 Å². The molecule has 2 amide bonds. The van der Waals surface area contributed by atoms with Crippen LogP contribution >= 0.6 is 11.6 Å². The van der Waals surface area contributed by atoms with Gasteiger partial charge in [-0.05, 0) is 31.0 Å². The minimum Gasteiger partial charge on any atom is -0.481 e. The van der Waals surface area contributed by atoms with Gasteiger partial charge in [0.1, 0.15) is 0 Å². The van der Waals surface area contributed by atoms with E-state index in [4.69, 9.17) is 16.7 Å². The summed E-state index contributed by atoms with van der Waals surface area (Å²) in [5.74, 6) is -1.33. The Morgan fingerprint density at radius 3 is 2.84 bits per heavy atom. The second kappa shape index (κ2) is 5.48. The van der Waals surface area contributed by atoms with Crippen LogP contribution in [0, 0.1) is 12.8 Å². The average Bonchev–Trinajstić information content (AvgIpc) is 2.83. The van der Waals surface area contributed by atoms with Crippen LogP contribution in [0.2, 0.25) is 5.02 Å². The maximum atomic E-state index is 12.0. The number of carbonyl (C=O) groups is 2. The van der Waals surface area contributed by atoms with Gasteiger partial charge in [-0.1, -0.05) is 17.7 Å². The van der Waals surface area contributed by atoms with E-state index in [1.165, 1.54) is 4.90 Å². The van der Waals surface area contributed by atoms with Gasteiger partial charge < -0.3 is 15.3 Å². The Bertz CT molecular complexity index is 519. The monoisotopic (exact) mass is 282 g/mol. The van der Waals surface area contributed by atoms with Gasteiger partial charge in [-0.2, -0.15) is 0 Å². The Labute approximate surface area is 116 Å². The quantitative estimate of drug-likeness (QED) is 0.876. The second-order valence-electron chi connectivity index (χ2n) is 4.68. The zero-order valence-electron chi connectivity index (χ0n) is 10.5. The van der Waals surface area contributed by atoms with Gasteiger partial charge in [-0.3, -0.25) is 4.79 Å². The van der Waals surface area contributed by atoms with Crippen molar-refractivity contribution in [3.63, 3.8) is 0 Å². The van der Waals surface area contributed by atoms with Crippen molar-refractivity contribution in [2.75, 3.05) is 18.4 Å². The topological polar surface area (TPSA) is 69.6 Å². The lowest BCUT2D eigenvalue weighted by Crippen LogP contribution is -2.33. The Morgan fingerprint density at radius 2 is 2.21 bits per heavy atom. The number of carboxylic acid groups (broad SMARTS) is 1. The highest BCUT2D eigenvalue weighted by atomic mass is 35.5. The summed E-state index contributed by atoms with van der Waals surface area (Å²) in [7, 11) is 0. The molecule has 1 atom stereocenters. The number of halogens is 1. The minimum absolute atomic E-state index is 0.241. The summed E-state index contributed by atoms with van der Waals surface area (Å²) >= 11 is 6.00. The number of carbonyl (C=O) groups excluding carboxylic acids is 1. The van der Waals surface area contributed by atoms with E-state index in [1.54, 1.807) is 12.1 Å². The minimum atomic E-state index is -0.858. The fourth-order valence-electron chi connectivity index (χ4n) is 2.08. The highest BCUT2D eigenvalue weighted by Crippen LogP contribution is 2.24. The zero-order valence-corrected chi connectivity index (χ0v) is 11.3. The fraction of sp³-hybridized carbons (Fsp3) is 0.385. The lowest BCUT2D eigenvalue weighted by atomic mass is 10.1. The Hall–Kier alpha value is -1.75. The largest absolute Gasteiger partial charge is 0.481 e. The molecular weight excluding hydrogens is 268 g/mol. The van der Waals surface area contributed by atoms with Crippen LogP contribution in [-0.2, 0) is 4.79 Å². The third-order valence-electron chi connectivity index (χ3n) is 3.19. The number of benzene rings is 1. The first-order valence-corrected chi connectivity index (χ1v) is 6.40. The number of hydrogen-bond donors (Lipinski definition) is 2. The van der Waals surface area contributed by atoms with Crippen molar-refractivity contribution in [1.82, 2.24) is 4.90 Å². The predicted octanol–water partition coefficient (Wildman–Crippen LogP) is 2.59. The first-order valence-electron chi connectivity index (χ1n) is 6.02. The average molecular weight is 283 g/mol. The highest BCUT2D eigenvalue weighted by Gasteiger charge is 2.30. The van der Waals surface area contributed by atoms with Crippen LogP contribution in [0.25, 0.3) is 0 Å². The van der Waals surface area contributed by atoms with E-state index in [9.17, 15) is 9.59 Å². The molecule has 1 aliphatic rings. The summed E-state index contributed by atoms with van der Waals surface area (Å²) < 4.78 is 0. The maximum absolute atomic E-state index is 12.0. The molecule has 1 aromatic rings. The number of aliphatic carboxylic acids is 1. The molecule has 0 spiro atoms. The molecule has 1 unspecified atom stereocenters. The van der Waals surface area contributed by atoms with Crippen LogP contribution in [0.3, 0.4) is 0 Å². The SMILES string of the molecule is Cc1ccc(Cl)c(NC(=O)N2CCC(C(=O)O)C2)c1. The first kappa shape index (κ1) is 13.7. The van der Waals surface area contributed by atoms with E-state index in [0.29, 0.717) is 23.7 Å². The molecule has 0 aromatic heterocycles. The number of anilines is 1. The Balaban J connectivity index is 2.02. The summed E-state index contributed by atoms with van der Waals surface area (Å²) in [6, 6.07) is 5.05. The fourth-order valence-corrected chi connectivity index (χ4v) is 2.24. The van der Waals surface area contributed by atoms with Gasteiger partial charge in [0.25, 0.3) is 0 Å². The molecule has 102 valence electrons. The summed E-state index contributed by atoms with van der Waals surface area (Å²) in [5.41, 5.74) is 1.54. The van der Waals surface area contributed by atoms with Crippen molar-refractivity contribution in [2.24, 2.45) is 5.92 Å². The van der Waals surface area contributed by atoms with Gasteiger partial charge >= 0.3 is 12.0 Å². The van der Waals surface area contributed by atoms with Crippen LogP contribution in [0.1, 0.15) is 12.0 Å². The number of amides is 2. The molecule has 1 saturated heterocycles. The molecule has 2 N–H and O–H groups in total. The molecule has 0 aliphatic carbocycles. The van der Waals surface area contributed by atoms with Gasteiger partial charge in [0.05, 0.1) is 16.6 Å². The second-order valence-corrected chi connectivity index (χ2v) is 5.09. The van der Waals surface area contributed by atoms with E-state index in [-0.39, 0.29) is 12.6 Å². The smallest absolute Gasteiger partial charge is 0.321 e. The summed E-state index contributed by atoms with van der Waals surface area (Å²) in [6.45, 7) is 2.60. The number of aryl methyl sites for hydroxylation is 1. The molecule has 2 rings (SSSR count). The van der Waals surface area contributed by atoms with Crippen molar-refractivity contribution in [2.45, 2.75) is 13.3 Å². The zero-order chi connectivity index (χ0) is 14.0. The van der Waals surface area contributed by atoms with E-state index >= 15 is 0 Å². The number of rotatable bonds is 2. The van der Waals surface area contributed by atoms with Crippen LogP contribution in [-0.4, -0.2) is 35.1 Å². The van der Waals surface area contributed by atoms with Crippen molar-refractivity contribution in [3.05, 3.63) is 28.8 Å². The molecule has 1 aromatic carbocycles. The van der Waals surface area contributed by atoms with Crippen LogP contribution in [0.5, 0.6) is 0 Å². The number of nitrogens with one attached hydrogen (secondary N) is 1. The van der Waals surface area contributed by atoms with Gasteiger partial charge in [-0.15, -0.1) is 0 Å². The number of carboxylic acids is 1. The van der Waals surface area contributed by atoms with Crippen LogP contribution in [0.15, 0.2) is 18.2 Å². The molecule has 19 heavy (non-hydrogen) atoms. The highest BCUT2D eigenvalue weighted by molar-refractivity contribution is 6.33. The number of urea groups is 1. The van der Waals surface area contributed by atoms with E-state index in [2.05, 4.69) is 5.32 Å². The molecule has 5 nitrogen and oxygen atoms in total. The van der Waals surface area contributed by atoms with Crippen LogP contribution < -0.4 is 5.32 Å². The molecule has 0 saturated carbocycles. The standard InChI is InChI=1S/C13H15ClN2O3/c1-8-2-3-10(14)11(6-8)15-13(19)16-5-4-9(7-16)12(17)18/h2-3,6,9H,4-5,7H2,1H3,(H,15,19)(H,17,18). The Morgan fingerprint density at radius 1 is 1.47 bits per heavy atom. The first-order chi connectivity index (χ1) is 8.97. The van der Waals surface area contributed by atoms with Gasteiger partial charge in [0.15, 0.2) is 0 Å². The van der Waals surface area contributed by atoms with E-state index in [1.807, 2.05) is 13.0 Å². The molecule has 0 bridgehead atoms. The van der Waals surface area contributed by atoms with Crippen LogP contribution in [0.4, 0.5) is 10.5 Å². The van der Waals surface area contributed by atoms with E-state index < -0.39 is 11.9 Å². The third-order valence-corrected chi connectivity index (χ3v) is 3.52. The summed E-state index contributed by atoms with van der Waals surface area (Å²) in [5, 5.41) is 12.1. The van der Waals surface area contributed by atoms with Crippen molar-refractivity contribution in [1.29, 1.82) is 0 Å². The number of likely N-dealkylation sites (tertiary alicyclic amines) is 1. The Kier molecular flexibility index (Phi) is 3.95. The lowest BCUT2D eigenvalue weighted by Gasteiger charge is -2.17. The molecule has 0 radical (unpaired) electrons. The molecular formula is C13H15ClN2O3. The summed E-state index contributed by atoms with van der Waals surface area (Å²) in [6.07, 6.45) is 0.490. The summed E-state index contributed by atoms with van der Waals surface area (Å²) in [4.78, 5) is 24.4. The molecule has 1 aliphatic heterocycles. The normalized spacial score (nSPS) is 18.4. The predicted molar refractivity (Wildman–Crippen MR) is 72.5 cm³/mol. The van der Waals surface area contributed by atoms with Gasteiger partial charge in [-0.25, -0.2) is 4.79 Å². The lowest BCUT2D eigenvalue weighted by molar-refractivity contribution is -0.141. The van der Waals surface area contributed by atoms with Crippen molar-refractivity contribution >= 4 is 29.3 Å². The van der Waals surface area contributed by atoms with Crippen molar-refractivity contribution in [3.8, 4) is 0 Å². The molecule has 6 heteroatoms. The van der Waals surface area contributed by atoms with Gasteiger partial charge in [0, 0.05) is 13.1 Å².